The molecule has 4 aliphatic rings. The van der Waals surface area contributed by atoms with Crippen molar-refractivity contribution >= 4 is 54.5 Å². The third-order valence-electron chi connectivity index (χ3n) is 15.0. The van der Waals surface area contributed by atoms with Crippen LogP contribution in [-0.4, -0.2) is 206 Å². The third-order valence-corrected chi connectivity index (χ3v) is 16.7. The van der Waals surface area contributed by atoms with Crippen molar-refractivity contribution in [2.75, 3.05) is 46.7 Å². The zero-order chi connectivity index (χ0) is 57.1. The van der Waals surface area contributed by atoms with Gasteiger partial charge >= 0.3 is 5.97 Å². The van der Waals surface area contributed by atoms with Crippen LogP contribution in [0.1, 0.15) is 90.0 Å². The van der Waals surface area contributed by atoms with E-state index in [-0.39, 0.29) is 81.1 Å². The number of amides is 1. The van der Waals surface area contributed by atoms with Crippen molar-refractivity contribution in [3.63, 3.8) is 0 Å². The van der Waals surface area contributed by atoms with Gasteiger partial charge in [-0.1, -0.05) is 51.5 Å². The second kappa shape index (κ2) is 28.8. The number of aliphatic hydroxyl groups excluding tert-OH is 5. The normalized spacial score (nSPS) is 30.7. The van der Waals surface area contributed by atoms with E-state index in [2.05, 4.69) is 5.32 Å². The number of aliphatic hydroxyl groups is 5. The Morgan fingerprint density at radius 3 is 2.12 bits per heavy atom. The molecule has 9 N–H and O–H groups in total. The predicted octanol–water partition coefficient (Wildman–Crippen LogP) is 0.880. The molecule has 4 fully saturated rings. The van der Waals surface area contributed by atoms with E-state index in [1.165, 1.54) is 20.1 Å². The van der Waals surface area contributed by atoms with Crippen LogP contribution in [0.3, 0.4) is 0 Å². The van der Waals surface area contributed by atoms with Gasteiger partial charge in [0, 0.05) is 32.4 Å². The summed E-state index contributed by atoms with van der Waals surface area (Å²) in [7, 11) is -8.11. The smallest absolute Gasteiger partial charge is 0.332 e. The first-order valence-corrected chi connectivity index (χ1v) is 29.2. The van der Waals surface area contributed by atoms with E-state index in [0.29, 0.717) is 18.2 Å². The Bertz CT molecular complexity index is 2560. The molecule has 78 heavy (non-hydrogen) atoms. The average molecular weight is 1150 g/mol. The number of ketones is 2. The van der Waals surface area contributed by atoms with Crippen LogP contribution in [0.4, 0.5) is 0 Å². The maximum Gasteiger partial charge on any atom is 0.332 e. The van der Waals surface area contributed by atoms with Gasteiger partial charge in [-0.2, -0.15) is 16.8 Å². The summed E-state index contributed by atoms with van der Waals surface area (Å²) < 4.78 is 114. The fourth-order valence-corrected chi connectivity index (χ4v) is 11.9. The maximum atomic E-state index is 14.0. The van der Waals surface area contributed by atoms with Crippen LogP contribution in [0.2, 0.25) is 0 Å². The van der Waals surface area contributed by atoms with E-state index in [0.717, 1.165) is 56.4 Å². The summed E-state index contributed by atoms with van der Waals surface area (Å²) in [4.78, 5) is 50.9. The van der Waals surface area contributed by atoms with Crippen molar-refractivity contribution in [2.45, 2.75) is 180 Å². The quantitative estimate of drug-likeness (QED) is 0.0422. The van der Waals surface area contributed by atoms with Crippen molar-refractivity contribution in [3.05, 3.63) is 35.9 Å². The standard InChI is InChI=1S/C51H75NO24S2/c1-4-29-18-32(37(55)11-8-14-52-41(56)26-71-16-15-70-25-33(54)19-30-21-35(78(66,67)68)22-31-20-34(77(63,64)65)12-13-36(30)31)23-38(46(29)76-50-45(60)44(59)42(57)27(2)72-50)74-51-48(69-3)47(43(58)40(24-53)75-51)73-39(49(61)62)17-28-9-6-5-7-10-28/h12-13,20-22,27-29,32,38-40,42-48,50-51,53,57-60H,4-11,14-19,23-26H2,1-3H3,(H,52,56)(H,61,62)(H,63,64,65)(H,66,67,68)/t27?,29?,32?,38-,39+,40+,42-,43+,44+,45?,46-,47?,48?,50+,51-/m1/s1. The van der Waals surface area contributed by atoms with Crippen LogP contribution in [0.5, 0.6) is 0 Å². The number of Topliss-reactive ketones (excluding diaryl/α,β-unsaturated/α-hetero) is 2. The molecule has 2 aliphatic carbocycles. The summed E-state index contributed by atoms with van der Waals surface area (Å²) in [6.45, 7) is 1.70. The number of benzene rings is 2. The van der Waals surface area contributed by atoms with Crippen LogP contribution >= 0.6 is 0 Å². The number of carboxylic acid groups (broad SMARTS) is 1. The molecule has 0 radical (unpaired) electrons. The molecule has 2 heterocycles. The number of hydrogen-bond donors (Lipinski definition) is 9. The third kappa shape index (κ3) is 16.9. The Morgan fingerprint density at radius 1 is 0.795 bits per heavy atom. The zero-order valence-corrected chi connectivity index (χ0v) is 45.4. The Balaban J connectivity index is 1.02. The van der Waals surface area contributed by atoms with Crippen LogP contribution in [-0.2, 0) is 83.7 Å². The van der Waals surface area contributed by atoms with Gasteiger partial charge in [0.05, 0.1) is 47.9 Å². The summed E-state index contributed by atoms with van der Waals surface area (Å²) in [5.74, 6) is -3.41. The van der Waals surface area contributed by atoms with Crippen molar-refractivity contribution in [2.24, 2.45) is 17.8 Å². The number of hydrogen-bond acceptors (Lipinski definition) is 21. The summed E-state index contributed by atoms with van der Waals surface area (Å²) in [5, 5.41) is 67.1. The number of carboxylic acids is 1. The summed E-state index contributed by atoms with van der Waals surface area (Å²) in [5.41, 5.74) is 0.140. The number of fused-ring (bicyclic) bond motifs is 1. The molecule has 0 spiro atoms. The monoisotopic (exact) mass is 1150 g/mol. The van der Waals surface area contributed by atoms with Crippen LogP contribution in [0.15, 0.2) is 40.1 Å². The highest BCUT2D eigenvalue weighted by Gasteiger charge is 2.53. The highest BCUT2D eigenvalue weighted by atomic mass is 32.2. The SMILES string of the molecule is CCC1CC(C(=O)CCCNC(=O)COCCOCC(=O)Cc2cc(S(=O)(=O)O)cc3cc(S(=O)(=O)O)ccc23)C[C@@H](O[C@@H]2O[C@@H](CO)[C@H](O)C(O[C@@H](CC3CCCCC3)C(=O)O)C2OC)[C@@H]1O[C@@H]1OC(C)[C@@H](O)[C@H](O)C1O. The van der Waals surface area contributed by atoms with Gasteiger partial charge < -0.3 is 73.9 Å². The number of carbonyl (C=O) groups is 4. The molecule has 0 bridgehead atoms. The Hall–Kier alpha value is -3.72. The first-order valence-electron chi connectivity index (χ1n) is 26.3. The second-order valence-corrected chi connectivity index (χ2v) is 23.4. The van der Waals surface area contributed by atoms with Gasteiger partial charge in [0.1, 0.15) is 61.7 Å². The minimum atomic E-state index is -4.76. The molecular weight excluding hydrogens is 1070 g/mol. The lowest BCUT2D eigenvalue weighted by molar-refractivity contribution is -0.352. The number of methoxy groups -OCH3 is 1. The highest BCUT2D eigenvalue weighted by Crippen LogP contribution is 2.41. The molecule has 2 saturated carbocycles. The lowest BCUT2D eigenvalue weighted by Crippen LogP contribution is -2.63. The predicted molar refractivity (Wildman–Crippen MR) is 270 cm³/mol. The van der Waals surface area contributed by atoms with Gasteiger partial charge in [-0.3, -0.25) is 23.5 Å². The van der Waals surface area contributed by atoms with Gasteiger partial charge in [0.2, 0.25) is 5.91 Å². The number of ether oxygens (including phenoxy) is 8. The van der Waals surface area contributed by atoms with E-state index >= 15 is 0 Å². The highest BCUT2D eigenvalue weighted by molar-refractivity contribution is 7.86. The molecule has 25 nitrogen and oxygen atoms in total. The number of carbonyl (C=O) groups excluding carboxylic acids is 3. The van der Waals surface area contributed by atoms with Crippen molar-refractivity contribution in [1.29, 1.82) is 0 Å². The number of rotatable bonds is 28. The van der Waals surface area contributed by atoms with Crippen molar-refractivity contribution in [1.82, 2.24) is 5.32 Å². The van der Waals surface area contributed by atoms with E-state index in [1.54, 1.807) is 0 Å². The number of aliphatic carboxylic acids is 1. The van der Waals surface area contributed by atoms with Gasteiger partial charge in [0.25, 0.3) is 20.2 Å². The first-order chi connectivity index (χ1) is 36.9. The Kier molecular flexibility index (Phi) is 23.4. The number of nitrogens with one attached hydrogen (secondary N) is 1. The molecule has 2 aromatic rings. The maximum absolute atomic E-state index is 14.0. The Labute approximate surface area is 452 Å². The van der Waals surface area contributed by atoms with E-state index in [4.69, 9.17) is 37.9 Å². The second-order valence-electron chi connectivity index (χ2n) is 20.5. The first kappa shape index (κ1) is 63.5. The van der Waals surface area contributed by atoms with Gasteiger partial charge in [0.15, 0.2) is 24.5 Å². The van der Waals surface area contributed by atoms with Gasteiger partial charge in [-0.15, -0.1) is 0 Å². The lowest BCUT2D eigenvalue weighted by Gasteiger charge is -2.49. The minimum absolute atomic E-state index is 0.0174. The lowest BCUT2D eigenvalue weighted by atomic mass is 9.74. The molecule has 6 unspecified atom stereocenters. The van der Waals surface area contributed by atoms with E-state index < -0.39 is 152 Å². The van der Waals surface area contributed by atoms with E-state index in [9.17, 15) is 75.8 Å². The van der Waals surface area contributed by atoms with Gasteiger partial charge in [-0.25, -0.2) is 4.79 Å². The largest absolute Gasteiger partial charge is 0.479 e. The topological polar surface area (TPSA) is 384 Å². The Morgan fingerprint density at radius 2 is 1.47 bits per heavy atom. The molecule has 2 aromatic carbocycles. The molecular formula is C51H75NO24S2. The van der Waals surface area contributed by atoms with Crippen molar-refractivity contribution in [3.8, 4) is 0 Å². The van der Waals surface area contributed by atoms with Crippen LogP contribution in [0.25, 0.3) is 10.8 Å². The fourth-order valence-electron chi connectivity index (χ4n) is 10.8. The molecule has 6 rings (SSSR count). The molecule has 1 amide bonds. The summed E-state index contributed by atoms with van der Waals surface area (Å²) >= 11 is 0. The zero-order valence-electron chi connectivity index (χ0n) is 43.8. The molecule has 2 aliphatic heterocycles. The van der Waals surface area contributed by atoms with E-state index in [1.807, 2.05) is 6.92 Å². The van der Waals surface area contributed by atoms with Gasteiger partial charge in [-0.05, 0) is 85.0 Å². The molecule has 27 heteroatoms. The molecule has 15 atom stereocenters. The summed E-state index contributed by atoms with van der Waals surface area (Å²) in [6, 6.07) is 5.43. The molecule has 0 aromatic heterocycles. The van der Waals surface area contributed by atoms with Crippen LogP contribution in [0, 0.1) is 17.8 Å². The average Bonchev–Trinajstić information content (AvgIpc) is 3.49. The minimum Gasteiger partial charge on any atom is -0.479 e. The summed E-state index contributed by atoms with van der Waals surface area (Å²) in [6.07, 6.45) is -11.9. The molecule has 2 saturated heterocycles. The van der Waals surface area contributed by atoms with Crippen molar-refractivity contribution < 1.29 is 114 Å². The van der Waals surface area contributed by atoms with Crippen LogP contribution < -0.4 is 5.32 Å². The molecule has 440 valence electrons. The fraction of sp³-hybridized carbons (Fsp3) is 0.725.